The first-order valence-electron chi connectivity index (χ1n) is 7.10. The van der Waals surface area contributed by atoms with Gasteiger partial charge in [-0.25, -0.2) is 0 Å². The zero-order valence-corrected chi connectivity index (χ0v) is 11.7. The number of carbonyl (C=O) groups is 1. The van der Waals surface area contributed by atoms with E-state index in [1.807, 2.05) is 4.90 Å². The van der Waals surface area contributed by atoms with Gasteiger partial charge in [0.1, 0.15) is 11.0 Å². The molecule has 0 aliphatic carbocycles. The van der Waals surface area contributed by atoms with Gasteiger partial charge < -0.3 is 14.7 Å². The van der Waals surface area contributed by atoms with Crippen molar-refractivity contribution in [3.05, 3.63) is 23.8 Å². The average Bonchev–Trinajstić information content (AvgIpc) is 3.00. The summed E-state index contributed by atoms with van der Waals surface area (Å²) in [5.74, 6) is 0.0144. The number of H-pyrrole nitrogens is 1. The molecule has 1 aliphatic rings. The van der Waals surface area contributed by atoms with Gasteiger partial charge in [0, 0.05) is 18.7 Å². The number of carbonyl (C=O) groups excluding carboxylic acids is 1. The van der Waals surface area contributed by atoms with Crippen LogP contribution in [-0.2, 0) is 4.74 Å². The van der Waals surface area contributed by atoms with Crippen molar-refractivity contribution < 1.29 is 14.6 Å². The first-order chi connectivity index (χ1) is 10.3. The lowest BCUT2D eigenvalue weighted by Crippen LogP contribution is -2.41. The van der Waals surface area contributed by atoms with Crippen molar-refractivity contribution in [3.63, 3.8) is 0 Å². The number of nitrogens with one attached hydrogen (secondary N) is 1. The molecule has 112 valence electrons. The Morgan fingerprint density at radius 3 is 2.86 bits per heavy atom. The van der Waals surface area contributed by atoms with Crippen molar-refractivity contribution in [3.8, 4) is 0 Å². The lowest BCUT2D eigenvalue weighted by Gasteiger charge is -2.31. The summed E-state index contributed by atoms with van der Waals surface area (Å²) in [7, 11) is 0. The topological polar surface area (TPSA) is 91.3 Å². The fourth-order valence-electron chi connectivity index (χ4n) is 2.60. The lowest BCUT2D eigenvalue weighted by atomic mass is 10.1. The van der Waals surface area contributed by atoms with E-state index in [9.17, 15) is 4.79 Å². The van der Waals surface area contributed by atoms with E-state index in [4.69, 9.17) is 9.84 Å². The van der Waals surface area contributed by atoms with Crippen LogP contribution < -0.4 is 0 Å². The molecule has 7 nitrogen and oxygen atoms in total. The number of hydrogen-bond donors (Lipinski definition) is 2. The number of amides is 1. The average molecular weight is 290 g/mol. The molecule has 0 atom stereocenters. The van der Waals surface area contributed by atoms with E-state index in [1.54, 1.807) is 18.2 Å². The van der Waals surface area contributed by atoms with Crippen molar-refractivity contribution in [1.82, 2.24) is 20.3 Å². The molecule has 1 fully saturated rings. The summed E-state index contributed by atoms with van der Waals surface area (Å²) < 4.78 is 5.50. The SMILES string of the molecule is O=C(c1ccc2n[nH]nc2c1)N1CCC(OCCO)CC1. The summed E-state index contributed by atoms with van der Waals surface area (Å²) in [6.07, 6.45) is 1.75. The molecule has 0 bridgehead atoms. The van der Waals surface area contributed by atoms with Crippen LogP contribution in [0.5, 0.6) is 0 Å². The molecule has 2 aromatic rings. The summed E-state index contributed by atoms with van der Waals surface area (Å²) in [6.45, 7) is 1.75. The third-order valence-corrected chi connectivity index (χ3v) is 3.74. The Morgan fingerprint density at radius 1 is 1.33 bits per heavy atom. The van der Waals surface area contributed by atoms with Crippen molar-refractivity contribution >= 4 is 16.9 Å². The summed E-state index contributed by atoms with van der Waals surface area (Å²) in [4.78, 5) is 14.3. The summed E-state index contributed by atoms with van der Waals surface area (Å²) in [5, 5.41) is 19.3. The number of rotatable bonds is 4. The zero-order valence-electron chi connectivity index (χ0n) is 11.7. The maximum atomic E-state index is 12.5. The first kappa shape index (κ1) is 14.0. The Hall–Kier alpha value is -1.99. The van der Waals surface area contributed by atoms with Crippen molar-refractivity contribution in [1.29, 1.82) is 0 Å². The second kappa shape index (κ2) is 6.19. The van der Waals surface area contributed by atoms with E-state index in [1.165, 1.54) is 0 Å². The molecular weight excluding hydrogens is 272 g/mol. The minimum Gasteiger partial charge on any atom is -0.394 e. The molecule has 1 amide bonds. The normalized spacial score (nSPS) is 16.5. The number of nitrogens with zero attached hydrogens (tertiary/aromatic N) is 3. The number of aromatic nitrogens is 3. The highest BCUT2D eigenvalue weighted by molar-refractivity contribution is 5.97. The van der Waals surface area contributed by atoms with Crippen LogP contribution in [0.3, 0.4) is 0 Å². The minimum absolute atomic E-state index is 0.0144. The van der Waals surface area contributed by atoms with Gasteiger partial charge in [-0.05, 0) is 31.0 Å². The maximum Gasteiger partial charge on any atom is 0.253 e. The van der Waals surface area contributed by atoms with Gasteiger partial charge in [-0.15, -0.1) is 0 Å². The van der Waals surface area contributed by atoms with Crippen LogP contribution >= 0.6 is 0 Å². The molecule has 1 aromatic heterocycles. The molecule has 1 aromatic carbocycles. The van der Waals surface area contributed by atoms with Crippen molar-refractivity contribution in [2.24, 2.45) is 0 Å². The van der Waals surface area contributed by atoms with Gasteiger partial charge in [0.25, 0.3) is 5.91 Å². The van der Waals surface area contributed by atoms with Crippen LogP contribution in [0, 0.1) is 0 Å². The number of fused-ring (bicyclic) bond motifs is 1. The number of ether oxygens (including phenoxy) is 1. The summed E-state index contributed by atoms with van der Waals surface area (Å²) >= 11 is 0. The molecule has 0 radical (unpaired) electrons. The maximum absolute atomic E-state index is 12.5. The monoisotopic (exact) mass is 290 g/mol. The molecule has 2 heterocycles. The number of piperidine rings is 1. The second-order valence-electron chi connectivity index (χ2n) is 5.11. The van der Waals surface area contributed by atoms with Gasteiger partial charge in [0.05, 0.1) is 19.3 Å². The Labute approximate surface area is 121 Å². The Bertz CT molecular complexity index is 619. The largest absolute Gasteiger partial charge is 0.394 e. The fraction of sp³-hybridized carbons (Fsp3) is 0.500. The minimum atomic E-state index is 0.0144. The molecule has 3 rings (SSSR count). The molecule has 0 unspecified atom stereocenters. The first-order valence-corrected chi connectivity index (χ1v) is 7.10. The highest BCUT2D eigenvalue weighted by atomic mass is 16.5. The molecule has 0 saturated carbocycles. The predicted octanol–water partition coefficient (Wildman–Crippen LogP) is 0.571. The Balaban J connectivity index is 1.63. The lowest BCUT2D eigenvalue weighted by molar-refractivity contribution is -0.00553. The molecule has 2 N–H and O–H groups in total. The van der Waals surface area contributed by atoms with Gasteiger partial charge >= 0.3 is 0 Å². The van der Waals surface area contributed by atoms with Crippen molar-refractivity contribution in [2.45, 2.75) is 18.9 Å². The van der Waals surface area contributed by atoms with E-state index in [-0.39, 0.29) is 18.6 Å². The predicted molar refractivity (Wildman–Crippen MR) is 75.9 cm³/mol. The summed E-state index contributed by atoms with van der Waals surface area (Å²) in [5.41, 5.74) is 2.08. The highest BCUT2D eigenvalue weighted by Gasteiger charge is 2.24. The van der Waals surface area contributed by atoms with Gasteiger partial charge in [-0.1, -0.05) is 0 Å². The van der Waals surface area contributed by atoms with Gasteiger partial charge in [-0.3, -0.25) is 4.79 Å². The number of aliphatic hydroxyl groups excluding tert-OH is 1. The highest BCUT2D eigenvalue weighted by Crippen LogP contribution is 2.18. The number of likely N-dealkylation sites (tertiary alicyclic amines) is 1. The van der Waals surface area contributed by atoms with Crippen molar-refractivity contribution in [2.75, 3.05) is 26.3 Å². The Morgan fingerprint density at radius 2 is 2.10 bits per heavy atom. The smallest absolute Gasteiger partial charge is 0.253 e. The van der Waals surface area contributed by atoms with Crippen LogP contribution in [0.1, 0.15) is 23.2 Å². The van der Waals surface area contributed by atoms with E-state index in [0.29, 0.717) is 30.8 Å². The third-order valence-electron chi connectivity index (χ3n) is 3.74. The zero-order chi connectivity index (χ0) is 14.7. The number of benzene rings is 1. The van der Waals surface area contributed by atoms with E-state index in [2.05, 4.69) is 15.4 Å². The van der Waals surface area contributed by atoms with Gasteiger partial charge in [0.2, 0.25) is 0 Å². The quantitative estimate of drug-likeness (QED) is 0.859. The van der Waals surface area contributed by atoms with Crippen LogP contribution in [-0.4, -0.2) is 63.7 Å². The van der Waals surface area contributed by atoms with Crippen LogP contribution in [0.4, 0.5) is 0 Å². The molecule has 0 spiro atoms. The molecular formula is C14H18N4O3. The Kier molecular flexibility index (Phi) is 4.12. The molecule has 21 heavy (non-hydrogen) atoms. The van der Waals surface area contributed by atoms with Crippen LogP contribution in [0.15, 0.2) is 18.2 Å². The van der Waals surface area contributed by atoms with Crippen LogP contribution in [0.2, 0.25) is 0 Å². The number of aliphatic hydroxyl groups is 1. The second-order valence-corrected chi connectivity index (χ2v) is 5.11. The van der Waals surface area contributed by atoms with E-state index >= 15 is 0 Å². The number of hydrogen-bond acceptors (Lipinski definition) is 5. The van der Waals surface area contributed by atoms with Crippen LogP contribution in [0.25, 0.3) is 11.0 Å². The molecule has 1 aliphatic heterocycles. The fourth-order valence-corrected chi connectivity index (χ4v) is 2.60. The summed E-state index contributed by atoms with van der Waals surface area (Å²) in [6, 6.07) is 5.33. The van der Waals surface area contributed by atoms with E-state index < -0.39 is 0 Å². The van der Waals surface area contributed by atoms with Gasteiger partial charge in [-0.2, -0.15) is 15.4 Å². The standard InChI is InChI=1S/C14H18N4O3/c19-7-8-21-11-3-5-18(6-4-11)14(20)10-1-2-12-13(9-10)16-17-15-12/h1-2,9,11,19H,3-8H2,(H,15,16,17). The van der Waals surface area contributed by atoms with Gasteiger partial charge in [0.15, 0.2) is 0 Å². The molecule has 7 heteroatoms. The third kappa shape index (κ3) is 3.03. The molecule has 1 saturated heterocycles. The van der Waals surface area contributed by atoms with E-state index in [0.717, 1.165) is 18.4 Å². The number of aromatic amines is 1.